The lowest BCUT2D eigenvalue weighted by molar-refractivity contribution is 0.0971. The van der Waals surface area contributed by atoms with Crippen LogP contribution in [0.3, 0.4) is 0 Å². The van der Waals surface area contributed by atoms with Crippen LogP contribution in [0.15, 0.2) is 80.4 Å². The molecule has 5 nitrogen and oxygen atoms in total. The Labute approximate surface area is 197 Å². The molecule has 0 aliphatic carbocycles. The standard InChI is InChI=1S/C25H17BrClNO4/c1-2-31-18-8-3-5-14(11-18)22-21-23(29)19-12-15(26)9-10-20(19)32-24(21)25(30)28(22)17-7-4-6-16(27)13-17/h3-13,22H,2H2,1H3. The highest BCUT2D eigenvalue weighted by Gasteiger charge is 2.43. The zero-order valence-corrected chi connectivity index (χ0v) is 19.3. The molecule has 3 aromatic carbocycles. The van der Waals surface area contributed by atoms with E-state index in [1.807, 2.05) is 31.2 Å². The fourth-order valence-corrected chi connectivity index (χ4v) is 4.64. The van der Waals surface area contributed by atoms with Crippen LogP contribution in [0.2, 0.25) is 5.02 Å². The Morgan fingerprint density at radius 3 is 2.66 bits per heavy atom. The Balaban J connectivity index is 1.80. The third-order valence-electron chi connectivity index (χ3n) is 5.40. The third-order valence-corrected chi connectivity index (χ3v) is 6.13. The van der Waals surface area contributed by atoms with Gasteiger partial charge in [0.05, 0.1) is 23.6 Å². The quantitative estimate of drug-likeness (QED) is 0.321. The van der Waals surface area contributed by atoms with Gasteiger partial charge in [-0.3, -0.25) is 14.5 Å². The fraction of sp³-hybridized carbons (Fsp3) is 0.120. The number of amides is 1. The molecule has 1 aliphatic heterocycles. The average molecular weight is 511 g/mol. The van der Waals surface area contributed by atoms with Crippen molar-refractivity contribution in [2.45, 2.75) is 13.0 Å². The number of nitrogens with zero attached hydrogens (tertiary/aromatic N) is 1. The summed E-state index contributed by atoms with van der Waals surface area (Å²) in [5, 5.41) is 0.895. The van der Waals surface area contributed by atoms with Crippen molar-refractivity contribution in [3.8, 4) is 5.75 Å². The van der Waals surface area contributed by atoms with E-state index in [0.29, 0.717) is 39.6 Å². The number of halogens is 2. The maximum absolute atomic E-state index is 13.6. The van der Waals surface area contributed by atoms with Crippen molar-refractivity contribution in [1.82, 2.24) is 0 Å². The van der Waals surface area contributed by atoms with E-state index in [0.717, 1.165) is 10.0 Å². The molecule has 1 aliphatic rings. The van der Waals surface area contributed by atoms with Gasteiger partial charge >= 0.3 is 0 Å². The molecular formula is C25H17BrClNO4. The fourth-order valence-electron chi connectivity index (χ4n) is 4.09. The summed E-state index contributed by atoms with van der Waals surface area (Å²) in [6.07, 6.45) is 0. The topological polar surface area (TPSA) is 59.8 Å². The number of rotatable bonds is 4. The smallest absolute Gasteiger partial charge is 0.295 e. The molecule has 0 radical (unpaired) electrons. The van der Waals surface area contributed by atoms with Crippen LogP contribution in [0.4, 0.5) is 5.69 Å². The monoisotopic (exact) mass is 509 g/mol. The zero-order chi connectivity index (χ0) is 22.4. The number of benzene rings is 3. The van der Waals surface area contributed by atoms with E-state index in [9.17, 15) is 9.59 Å². The van der Waals surface area contributed by atoms with Gasteiger partial charge < -0.3 is 9.15 Å². The summed E-state index contributed by atoms with van der Waals surface area (Å²) in [4.78, 5) is 28.8. The van der Waals surface area contributed by atoms with Gasteiger partial charge in [-0.15, -0.1) is 0 Å². The largest absolute Gasteiger partial charge is 0.494 e. The van der Waals surface area contributed by atoms with Gasteiger partial charge in [0, 0.05) is 15.2 Å². The molecule has 160 valence electrons. The second-order valence-electron chi connectivity index (χ2n) is 7.38. The molecule has 4 aromatic rings. The molecule has 1 unspecified atom stereocenters. The maximum atomic E-state index is 13.6. The van der Waals surface area contributed by atoms with E-state index in [4.69, 9.17) is 20.8 Å². The van der Waals surface area contributed by atoms with Gasteiger partial charge in [0.15, 0.2) is 5.43 Å². The summed E-state index contributed by atoms with van der Waals surface area (Å²) in [5.74, 6) is 0.303. The minimum absolute atomic E-state index is 0.0385. The summed E-state index contributed by atoms with van der Waals surface area (Å²) in [6.45, 7) is 2.40. The van der Waals surface area contributed by atoms with Crippen LogP contribution in [-0.4, -0.2) is 12.5 Å². The highest BCUT2D eigenvalue weighted by Crippen LogP contribution is 2.42. The maximum Gasteiger partial charge on any atom is 0.295 e. The number of fused-ring (bicyclic) bond motifs is 2. The lowest BCUT2D eigenvalue weighted by Gasteiger charge is -2.25. The predicted octanol–water partition coefficient (Wildman–Crippen LogP) is 6.36. The lowest BCUT2D eigenvalue weighted by atomic mass is 9.98. The van der Waals surface area contributed by atoms with E-state index in [1.165, 1.54) is 0 Å². The minimum Gasteiger partial charge on any atom is -0.494 e. The number of hydrogen-bond acceptors (Lipinski definition) is 4. The van der Waals surface area contributed by atoms with E-state index >= 15 is 0 Å². The second-order valence-corrected chi connectivity index (χ2v) is 8.73. The molecule has 7 heteroatoms. The first-order valence-corrected chi connectivity index (χ1v) is 11.2. The molecule has 0 spiro atoms. The molecular weight excluding hydrogens is 494 g/mol. The number of carbonyl (C=O) groups is 1. The van der Waals surface area contributed by atoms with Gasteiger partial charge in [-0.1, -0.05) is 45.7 Å². The Morgan fingerprint density at radius 1 is 1.06 bits per heavy atom. The third kappa shape index (κ3) is 3.40. The van der Waals surface area contributed by atoms with Crippen LogP contribution < -0.4 is 15.1 Å². The summed E-state index contributed by atoms with van der Waals surface area (Å²) in [6, 6.07) is 18.9. The molecule has 1 aromatic heterocycles. The van der Waals surface area contributed by atoms with Gasteiger partial charge in [0.25, 0.3) is 5.91 Å². The highest BCUT2D eigenvalue weighted by molar-refractivity contribution is 9.10. The number of anilines is 1. The molecule has 32 heavy (non-hydrogen) atoms. The van der Waals surface area contributed by atoms with E-state index < -0.39 is 11.9 Å². The van der Waals surface area contributed by atoms with Crippen molar-refractivity contribution in [2.75, 3.05) is 11.5 Å². The minimum atomic E-state index is -0.684. The number of hydrogen-bond donors (Lipinski definition) is 0. The van der Waals surface area contributed by atoms with Gasteiger partial charge in [-0.2, -0.15) is 0 Å². The zero-order valence-electron chi connectivity index (χ0n) is 17.0. The van der Waals surface area contributed by atoms with E-state index in [-0.39, 0.29) is 11.2 Å². The summed E-state index contributed by atoms with van der Waals surface area (Å²) < 4.78 is 12.4. The van der Waals surface area contributed by atoms with Crippen molar-refractivity contribution in [1.29, 1.82) is 0 Å². The molecule has 0 fully saturated rings. The van der Waals surface area contributed by atoms with Gasteiger partial charge in [0.2, 0.25) is 5.76 Å². The van der Waals surface area contributed by atoms with Crippen molar-refractivity contribution >= 4 is 50.1 Å². The number of carbonyl (C=O) groups excluding carboxylic acids is 1. The Kier molecular flexibility index (Phi) is 5.27. The molecule has 2 heterocycles. The van der Waals surface area contributed by atoms with Gasteiger partial charge in [-0.05, 0) is 61.0 Å². The molecule has 0 bridgehead atoms. The highest BCUT2D eigenvalue weighted by atomic mass is 79.9. The van der Waals surface area contributed by atoms with Gasteiger partial charge in [0.1, 0.15) is 11.3 Å². The molecule has 1 amide bonds. The normalized spacial score (nSPS) is 15.3. The SMILES string of the molecule is CCOc1cccc(C2c3c(oc4ccc(Br)cc4c3=O)C(=O)N2c2cccc(Cl)c2)c1. The van der Waals surface area contributed by atoms with Crippen LogP contribution in [0.5, 0.6) is 5.75 Å². The van der Waals surface area contributed by atoms with Crippen LogP contribution in [0.1, 0.15) is 34.6 Å². The second kappa shape index (κ2) is 8.11. The molecule has 5 rings (SSSR count). The van der Waals surface area contributed by atoms with Crippen LogP contribution in [0, 0.1) is 0 Å². The van der Waals surface area contributed by atoms with Crippen molar-refractivity contribution in [3.63, 3.8) is 0 Å². The first-order chi connectivity index (χ1) is 15.5. The molecule has 0 saturated heterocycles. The van der Waals surface area contributed by atoms with E-state index in [1.54, 1.807) is 47.4 Å². The molecule has 0 saturated carbocycles. The van der Waals surface area contributed by atoms with Crippen LogP contribution in [0.25, 0.3) is 11.0 Å². The summed E-state index contributed by atoms with van der Waals surface area (Å²) in [7, 11) is 0. The predicted molar refractivity (Wildman–Crippen MR) is 128 cm³/mol. The molecule has 0 N–H and O–H groups in total. The van der Waals surface area contributed by atoms with Gasteiger partial charge in [-0.25, -0.2) is 0 Å². The van der Waals surface area contributed by atoms with Crippen molar-refractivity contribution in [3.05, 3.63) is 103 Å². The lowest BCUT2D eigenvalue weighted by Crippen LogP contribution is -2.29. The van der Waals surface area contributed by atoms with E-state index in [2.05, 4.69) is 15.9 Å². The van der Waals surface area contributed by atoms with Crippen molar-refractivity contribution < 1.29 is 13.9 Å². The van der Waals surface area contributed by atoms with Crippen LogP contribution >= 0.6 is 27.5 Å². The van der Waals surface area contributed by atoms with Crippen molar-refractivity contribution in [2.24, 2.45) is 0 Å². The Bertz CT molecular complexity index is 1430. The average Bonchev–Trinajstić information content (AvgIpc) is 3.07. The Hall–Kier alpha value is -3.09. The summed E-state index contributed by atoms with van der Waals surface area (Å²) >= 11 is 9.64. The summed E-state index contributed by atoms with van der Waals surface area (Å²) in [5.41, 5.74) is 1.73. The van der Waals surface area contributed by atoms with Crippen LogP contribution in [-0.2, 0) is 0 Å². The first-order valence-electron chi connectivity index (χ1n) is 10.1. The number of ether oxygens (including phenoxy) is 1. The first kappa shape index (κ1) is 20.8. The Morgan fingerprint density at radius 2 is 1.88 bits per heavy atom. The molecule has 1 atom stereocenters.